The van der Waals surface area contributed by atoms with Gasteiger partial charge in [0.05, 0.1) is 17.7 Å². The fourth-order valence-corrected chi connectivity index (χ4v) is 1.19. The summed E-state index contributed by atoms with van der Waals surface area (Å²) in [5, 5.41) is 11.0. The van der Waals surface area contributed by atoms with Crippen molar-refractivity contribution in [1.29, 1.82) is 0 Å². The van der Waals surface area contributed by atoms with Crippen LogP contribution in [-0.2, 0) is 0 Å². The zero-order valence-electron chi connectivity index (χ0n) is 8.38. The number of hydrogen-bond donors (Lipinski definition) is 2. The first-order chi connectivity index (χ1) is 7.49. The largest absolute Gasteiger partial charge is 0.478 e. The summed E-state index contributed by atoms with van der Waals surface area (Å²) in [6.07, 6.45) is 0. The molecule has 0 aromatic heterocycles. The molecule has 86 valence electrons. The summed E-state index contributed by atoms with van der Waals surface area (Å²) in [7, 11) is 1.48. The molecule has 6 heteroatoms. The third kappa shape index (κ3) is 2.22. The lowest BCUT2D eigenvalue weighted by atomic mass is 10.1. The SMILES string of the molecule is CNCC(=O)c1ccc(C(=O)O)c(F)c1F. The number of carboxylic acid groups (broad SMARTS) is 1. The Balaban J connectivity index is 3.21. The van der Waals surface area contributed by atoms with Crippen molar-refractivity contribution < 1.29 is 23.5 Å². The zero-order chi connectivity index (χ0) is 12.3. The highest BCUT2D eigenvalue weighted by atomic mass is 19.2. The number of nitrogens with one attached hydrogen (secondary N) is 1. The van der Waals surface area contributed by atoms with Crippen molar-refractivity contribution in [3.8, 4) is 0 Å². The van der Waals surface area contributed by atoms with Crippen LogP contribution in [0.2, 0.25) is 0 Å². The molecule has 1 aromatic rings. The summed E-state index contributed by atoms with van der Waals surface area (Å²) in [5.41, 5.74) is -1.25. The standard InChI is InChI=1S/C10H9F2NO3/c1-13-4-7(14)5-2-3-6(10(15)16)9(12)8(5)11/h2-3,13H,4H2,1H3,(H,15,16). The van der Waals surface area contributed by atoms with Gasteiger partial charge in [-0.25, -0.2) is 13.6 Å². The summed E-state index contributed by atoms with van der Waals surface area (Å²) < 4.78 is 26.5. The van der Waals surface area contributed by atoms with Crippen LogP contribution in [0, 0.1) is 11.6 Å². The third-order valence-electron chi connectivity index (χ3n) is 1.95. The molecule has 0 aliphatic carbocycles. The van der Waals surface area contributed by atoms with E-state index in [0.29, 0.717) is 0 Å². The minimum absolute atomic E-state index is 0.150. The van der Waals surface area contributed by atoms with Gasteiger partial charge in [-0.3, -0.25) is 4.79 Å². The highest BCUT2D eigenvalue weighted by molar-refractivity contribution is 5.99. The Morgan fingerprint density at radius 1 is 1.25 bits per heavy atom. The molecule has 0 fully saturated rings. The van der Waals surface area contributed by atoms with Crippen LogP contribution < -0.4 is 5.32 Å². The lowest BCUT2D eigenvalue weighted by Crippen LogP contribution is -2.20. The van der Waals surface area contributed by atoms with Gasteiger partial charge in [0.25, 0.3) is 0 Å². The van der Waals surface area contributed by atoms with Crippen LogP contribution in [0.3, 0.4) is 0 Å². The zero-order valence-corrected chi connectivity index (χ0v) is 8.38. The topological polar surface area (TPSA) is 66.4 Å². The number of aromatic carboxylic acids is 1. The van der Waals surface area contributed by atoms with Gasteiger partial charge in [-0.15, -0.1) is 0 Å². The van der Waals surface area contributed by atoms with Crippen molar-refractivity contribution in [2.75, 3.05) is 13.6 Å². The van der Waals surface area contributed by atoms with E-state index in [1.165, 1.54) is 7.05 Å². The van der Waals surface area contributed by atoms with E-state index in [4.69, 9.17) is 5.11 Å². The molecule has 4 nitrogen and oxygen atoms in total. The average molecular weight is 229 g/mol. The molecule has 0 saturated heterocycles. The van der Waals surface area contributed by atoms with Gasteiger partial charge in [-0.1, -0.05) is 0 Å². The summed E-state index contributed by atoms with van der Waals surface area (Å²) in [4.78, 5) is 21.8. The summed E-state index contributed by atoms with van der Waals surface area (Å²) in [6.45, 7) is -0.150. The maximum absolute atomic E-state index is 13.3. The minimum Gasteiger partial charge on any atom is -0.478 e. The molecule has 0 saturated carbocycles. The number of carboxylic acids is 1. The molecule has 1 aromatic carbocycles. The lowest BCUT2D eigenvalue weighted by molar-refractivity contribution is 0.0689. The van der Waals surface area contributed by atoms with Gasteiger partial charge in [-0.05, 0) is 19.2 Å². The maximum Gasteiger partial charge on any atom is 0.338 e. The van der Waals surface area contributed by atoms with E-state index in [2.05, 4.69) is 5.32 Å². The van der Waals surface area contributed by atoms with Crippen LogP contribution in [-0.4, -0.2) is 30.5 Å². The Morgan fingerprint density at radius 3 is 2.25 bits per heavy atom. The van der Waals surface area contributed by atoms with E-state index in [1.807, 2.05) is 0 Å². The Bertz CT molecular complexity index is 446. The fraction of sp³-hybridized carbons (Fsp3) is 0.200. The van der Waals surface area contributed by atoms with Crippen LogP contribution in [0.25, 0.3) is 0 Å². The van der Waals surface area contributed by atoms with Crippen LogP contribution in [0.5, 0.6) is 0 Å². The number of Topliss-reactive ketones (excluding diaryl/α,β-unsaturated/α-hetero) is 1. The first-order valence-corrected chi connectivity index (χ1v) is 4.38. The quantitative estimate of drug-likeness (QED) is 0.758. The number of benzene rings is 1. The number of hydrogen-bond acceptors (Lipinski definition) is 3. The second-order valence-corrected chi connectivity index (χ2v) is 3.05. The predicted octanol–water partition coefficient (Wildman–Crippen LogP) is 1.07. The molecule has 0 radical (unpaired) electrons. The first kappa shape index (κ1) is 12.3. The van der Waals surface area contributed by atoms with Gasteiger partial charge in [0.2, 0.25) is 0 Å². The van der Waals surface area contributed by atoms with Crippen molar-refractivity contribution >= 4 is 11.8 Å². The van der Waals surface area contributed by atoms with Gasteiger partial charge in [0.15, 0.2) is 17.4 Å². The number of carbonyl (C=O) groups is 2. The number of carbonyl (C=O) groups excluding carboxylic acids is 1. The van der Waals surface area contributed by atoms with Gasteiger partial charge < -0.3 is 10.4 Å². The Kier molecular flexibility index (Phi) is 3.68. The number of rotatable bonds is 4. The normalized spacial score (nSPS) is 10.2. The molecule has 1 rings (SSSR count). The maximum atomic E-state index is 13.3. The number of halogens is 2. The van der Waals surface area contributed by atoms with Crippen LogP contribution in [0.4, 0.5) is 8.78 Å². The minimum atomic E-state index is -1.58. The van der Waals surface area contributed by atoms with E-state index < -0.39 is 34.5 Å². The van der Waals surface area contributed by atoms with Crippen LogP contribution in [0.1, 0.15) is 20.7 Å². The van der Waals surface area contributed by atoms with Gasteiger partial charge >= 0.3 is 5.97 Å². The summed E-state index contributed by atoms with van der Waals surface area (Å²) in [5.74, 6) is -5.17. The first-order valence-electron chi connectivity index (χ1n) is 4.38. The van der Waals surface area contributed by atoms with Gasteiger partial charge in [0.1, 0.15) is 0 Å². The Hall–Kier alpha value is -1.82. The second kappa shape index (κ2) is 4.80. The van der Waals surface area contributed by atoms with Crippen molar-refractivity contribution in [1.82, 2.24) is 5.32 Å². The van der Waals surface area contributed by atoms with E-state index >= 15 is 0 Å². The fourth-order valence-electron chi connectivity index (χ4n) is 1.19. The van der Waals surface area contributed by atoms with Crippen LogP contribution >= 0.6 is 0 Å². The van der Waals surface area contributed by atoms with Crippen molar-refractivity contribution in [3.63, 3.8) is 0 Å². The molecule has 0 bridgehead atoms. The van der Waals surface area contributed by atoms with Crippen molar-refractivity contribution in [3.05, 3.63) is 34.9 Å². The molecule has 0 spiro atoms. The number of likely N-dealkylation sites (N-methyl/N-ethyl adjacent to an activating group) is 1. The van der Waals surface area contributed by atoms with E-state index in [1.54, 1.807) is 0 Å². The van der Waals surface area contributed by atoms with Gasteiger partial charge in [-0.2, -0.15) is 0 Å². The number of ketones is 1. The smallest absolute Gasteiger partial charge is 0.338 e. The third-order valence-corrected chi connectivity index (χ3v) is 1.95. The molecule has 16 heavy (non-hydrogen) atoms. The molecule has 0 aliphatic heterocycles. The average Bonchev–Trinajstić information content (AvgIpc) is 2.21. The molecule has 0 amide bonds. The lowest BCUT2D eigenvalue weighted by Gasteiger charge is -2.04. The second-order valence-electron chi connectivity index (χ2n) is 3.05. The molecule has 0 unspecified atom stereocenters. The molecule has 0 aliphatic rings. The van der Waals surface area contributed by atoms with Gasteiger partial charge in [0, 0.05) is 0 Å². The van der Waals surface area contributed by atoms with Crippen molar-refractivity contribution in [2.24, 2.45) is 0 Å². The predicted molar refractivity (Wildman–Crippen MR) is 51.6 cm³/mol. The molecule has 2 N–H and O–H groups in total. The van der Waals surface area contributed by atoms with E-state index in [-0.39, 0.29) is 6.54 Å². The van der Waals surface area contributed by atoms with E-state index in [9.17, 15) is 18.4 Å². The molecular weight excluding hydrogens is 220 g/mol. The Morgan fingerprint density at radius 2 is 1.75 bits per heavy atom. The van der Waals surface area contributed by atoms with Crippen LogP contribution in [0.15, 0.2) is 12.1 Å². The highest BCUT2D eigenvalue weighted by Gasteiger charge is 2.20. The summed E-state index contributed by atoms with van der Waals surface area (Å²) in [6, 6.07) is 1.82. The molecular formula is C10H9F2NO3. The summed E-state index contributed by atoms with van der Waals surface area (Å²) >= 11 is 0. The monoisotopic (exact) mass is 229 g/mol. The molecule has 0 atom stereocenters. The Labute approximate surface area is 89.9 Å². The van der Waals surface area contributed by atoms with Crippen molar-refractivity contribution in [2.45, 2.75) is 0 Å². The highest BCUT2D eigenvalue weighted by Crippen LogP contribution is 2.16. The van der Waals surface area contributed by atoms with E-state index in [0.717, 1.165) is 12.1 Å². The molecule has 0 heterocycles.